The standard InChI is InChI=1S/C6H12NS/c1-3-7-4-2-6-8-5-1/h3,7H,1-2,4-6H2. The lowest BCUT2D eigenvalue weighted by Gasteiger charge is -2.07. The molecule has 0 unspecified atom stereocenters. The van der Waals surface area contributed by atoms with Crippen LogP contribution < -0.4 is 5.32 Å². The van der Waals surface area contributed by atoms with Crippen molar-refractivity contribution in [1.29, 1.82) is 0 Å². The van der Waals surface area contributed by atoms with Crippen molar-refractivity contribution < 1.29 is 0 Å². The van der Waals surface area contributed by atoms with Gasteiger partial charge >= 0.3 is 0 Å². The number of rotatable bonds is 0. The Balaban J connectivity index is 2.00. The molecule has 1 nitrogen and oxygen atoms in total. The van der Waals surface area contributed by atoms with Gasteiger partial charge in [0.15, 0.2) is 0 Å². The van der Waals surface area contributed by atoms with Crippen molar-refractivity contribution in [2.75, 3.05) is 18.1 Å². The summed E-state index contributed by atoms with van der Waals surface area (Å²) in [5.74, 6) is 2.63. The van der Waals surface area contributed by atoms with Gasteiger partial charge in [-0.15, -0.1) is 0 Å². The average molecular weight is 130 g/mol. The highest BCUT2D eigenvalue weighted by atomic mass is 32.2. The molecule has 1 aliphatic heterocycles. The van der Waals surface area contributed by atoms with E-state index in [1.54, 1.807) is 0 Å². The van der Waals surface area contributed by atoms with E-state index >= 15 is 0 Å². The van der Waals surface area contributed by atoms with Gasteiger partial charge in [-0.25, -0.2) is 0 Å². The molecule has 47 valence electrons. The van der Waals surface area contributed by atoms with Crippen LogP contribution in [-0.2, 0) is 0 Å². The van der Waals surface area contributed by atoms with Gasteiger partial charge in [-0.1, -0.05) is 0 Å². The lowest BCUT2D eigenvalue weighted by Crippen LogP contribution is -2.14. The first-order chi connectivity index (χ1) is 4.00. The third kappa shape index (κ3) is 2.58. The Kier molecular flexibility index (Phi) is 3.39. The number of nitrogens with one attached hydrogen (secondary N) is 1. The molecule has 0 aromatic rings. The van der Waals surface area contributed by atoms with Crippen molar-refractivity contribution in [1.82, 2.24) is 5.32 Å². The summed E-state index contributed by atoms with van der Waals surface area (Å²) in [5.41, 5.74) is 0. The lowest BCUT2D eigenvalue weighted by atomic mass is 10.4. The van der Waals surface area contributed by atoms with E-state index in [2.05, 4.69) is 23.6 Å². The summed E-state index contributed by atoms with van der Waals surface area (Å²) in [5, 5.41) is 3.25. The molecule has 2 heteroatoms. The SMILES string of the molecule is [CH]1CCSCCCN1. The second-order valence-corrected chi connectivity index (χ2v) is 3.14. The molecule has 0 atom stereocenters. The zero-order chi connectivity index (χ0) is 5.66. The minimum Gasteiger partial charge on any atom is -0.312 e. The zero-order valence-electron chi connectivity index (χ0n) is 5.02. The number of hydrogen-bond donors (Lipinski definition) is 1. The minimum atomic E-state index is 1.17. The molecule has 0 spiro atoms. The molecule has 8 heavy (non-hydrogen) atoms. The van der Waals surface area contributed by atoms with E-state index in [1.807, 2.05) is 0 Å². The van der Waals surface area contributed by atoms with Gasteiger partial charge in [0.2, 0.25) is 0 Å². The molecule has 0 bridgehead atoms. The molecule has 1 radical (unpaired) electrons. The first kappa shape index (κ1) is 6.43. The van der Waals surface area contributed by atoms with E-state index in [-0.39, 0.29) is 0 Å². The number of thioether (sulfide) groups is 1. The number of hydrogen-bond acceptors (Lipinski definition) is 2. The summed E-state index contributed by atoms with van der Waals surface area (Å²) in [4.78, 5) is 0. The molecule has 1 rings (SSSR count). The average Bonchev–Trinajstić information content (AvgIpc) is 1.62. The van der Waals surface area contributed by atoms with Crippen LogP contribution in [0.3, 0.4) is 0 Å². The summed E-state index contributed by atoms with van der Waals surface area (Å²) >= 11 is 2.06. The molecule has 0 aromatic carbocycles. The van der Waals surface area contributed by atoms with E-state index in [1.165, 1.54) is 30.9 Å². The second kappa shape index (κ2) is 4.21. The van der Waals surface area contributed by atoms with E-state index < -0.39 is 0 Å². The fraction of sp³-hybridized carbons (Fsp3) is 0.833. The van der Waals surface area contributed by atoms with Gasteiger partial charge in [0.1, 0.15) is 0 Å². The van der Waals surface area contributed by atoms with Crippen LogP contribution in [0.25, 0.3) is 0 Å². The van der Waals surface area contributed by atoms with Crippen molar-refractivity contribution in [2.24, 2.45) is 0 Å². The summed E-state index contributed by atoms with van der Waals surface area (Å²) in [6.45, 7) is 3.35. The Morgan fingerprint density at radius 2 is 2.38 bits per heavy atom. The fourth-order valence-electron chi connectivity index (χ4n) is 0.725. The Bertz CT molecular complexity index is 32.5. The van der Waals surface area contributed by atoms with Crippen LogP contribution in [0, 0.1) is 6.54 Å². The summed E-state index contributed by atoms with van der Waals surface area (Å²) in [6, 6.07) is 0. The van der Waals surface area contributed by atoms with E-state index in [9.17, 15) is 0 Å². The van der Waals surface area contributed by atoms with Gasteiger partial charge in [-0.3, -0.25) is 0 Å². The van der Waals surface area contributed by atoms with E-state index in [0.717, 1.165) is 0 Å². The summed E-state index contributed by atoms with van der Waals surface area (Å²) in [6.07, 6.45) is 2.55. The highest BCUT2D eigenvalue weighted by Gasteiger charge is 1.94. The molecule has 0 saturated carbocycles. The van der Waals surface area contributed by atoms with Gasteiger partial charge in [0, 0.05) is 6.54 Å². The predicted octanol–water partition coefficient (Wildman–Crippen LogP) is 1.26. The van der Waals surface area contributed by atoms with Crippen molar-refractivity contribution in [2.45, 2.75) is 12.8 Å². The maximum atomic E-state index is 3.25. The lowest BCUT2D eigenvalue weighted by molar-refractivity contribution is 0.733. The first-order valence-corrected chi connectivity index (χ1v) is 4.28. The zero-order valence-corrected chi connectivity index (χ0v) is 5.84. The van der Waals surface area contributed by atoms with Crippen LogP contribution >= 0.6 is 11.8 Å². The fourth-order valence-corrected chi connectivity index (χ4v) is 1.56. The normalized spacial score (nSPS) is 24.0. The summed E-state index contributed by atoms with van der Waals surface area (Å²) < 4.78 is 0. The smallest absolute Gasteiger partial charge is 0.0229 e. The molecule has 0 aromatic heterocycles. The van der Waals surface area contributed by atoms with Crippen LogP contribution in [0.15, 0.2) is 0 Å². The maximum Gasteiger partial charge on any atom is 0.0229 e. The molecule has 1 N–H and O–H groups in total. The molecular formula is C6H12NS. The maximum absolute atomic E-state index is 3.25. The van der Waals surface area contributed by atoms with Gasteiger partial charge in [0.05, 0.1) is 0 Å². The van der Waals surface area contributed by atoms with E-state index in [4.69, 9.17) is 0 Å². The summed E-state index contributed by atoms with van der Waals surface area (Å²) in [7, 11) is 0. The molecule has 0 amide bonds. The predicted molar refractivity (Wildman–Crippen MR) is 38.9 cm³/mol. The molecule has 0 aliphatic carbocycles. The van der Waals surface area contributed by atoms with Crippen LogP contribution in [0.5, 0.6) is 0 Å². The van der Waals surface area contributed by atoms with E-state index in [0.29, 0.717) is 0 Å². The molecule has 1 heterocycles. The van der Waals surface area contributed by atoms with Crippen molar-refractivity contribution in [3.63, 3.8) is 0 Å². The van der Waals surface area contributed by atoms with Gasteiger partial charge in [0.25, 0.3) is 0 Å². The first-order valence-electron chi connectivity index (χ1n) is 3.13. The van der Waals surface area contributed by atoms with Gasteiger partial charge in [-0.05, 0) is 30.9 Å². The van der Waals surface area contributed by atoms with Gasteiger partial charge in [-0.2, -0.15) is 11.8 Å². The van der Waals surface area contributed by atoms with Crippen LogP contribution in [0.1, 0.15) is 12.8 Å². The molecular weight excluding hydrogens is 118 g/mol. The Morgan fingerprint density at radius 1 is 1.38 bits per heavy atom. The third-order valence-corrected chi connectivity index (χ3v) is 2.26. The molecule has 1 saturated heterocycles. The highest BCUT2D eigenvalue weighted by molar-refractivity contribution is 7.99. The topological polar surface area (TPSA) is 12.0 Å². The van der Waals surface area contributed by atoms with Crippen LogP contribution in [0.2, 0.25) is 0 Å². The quantitative estimate of drug-likeness (QED) is 0.530. The largest absolute Gasteiger partial charge is 0.312 e. The molecule has 1 fully saturated rings. The van der Waals surface area contributed by atoms with Crippen molar-refractivity contribution in [3.05, 3.63) is 6.54 Å². The Labute approximate surface area is 55.2 Å². The minimum absolute atomic E-state index is 1.17. The second-order valence-electron chi connectivity index (χ2n) is 1.91. The monoisotopic (exact) mass is 130 g/mol. The van der Waals surface area contributed by atoms with Crippen molar-refractivity contribution >= 4 is 11.8 Å². The highest BCUT2D eigenvalue weighted by Crippen LogP contribution is 2.06. The van der Waals surface area contributed by atoms with Gasteiger partial charge < -0.3 is 5.32 Å². The molecule has 1 aliphatic rings. The Morgan fingerprint density at radius 3 is 3.38 bits per heavy atom. The van der Waals surface area contributed by atoms with Crippen LogP contribution in [0.4, 0.5) is 0 Å². The Hall–Kier alpha value is 0.310. The van der Waals surface area contributed by atoms with Crippen LogP contribution in [-0.4, -0.2) is 18.1 Å². The third-order valence-electron chi connectivity index (χ3n) is 1.16. The van der Waals surface area contributed by atoms with Crippen molar-refractivity contribution in [3.8, 4) is 0 Å².